The number of rotatable bonds is 5. The molecule has 2 unspecified atom stereocenters. The van der Waals surface area contributed by atoms with Gasteiger partial charge in [0.2, 0.25) is 5.91 Å². The van der Waals surface area contributed by atoms with Gasteiger partial charge in [0.05, 0.1) is 12.6 Å². The molecule has 106 valence electrons. The number of nitrogens with one attached hydrogen (secondary N) is 2. The second kappa shape index (κ2) is 7.10. The molecule has 0 aliphatic carbocycles. The minimum atomic E-state index is -0.154. The Hall–Kier alpha value is -0.610. The maximum absolute atomic E-state index is 11.7. The third kappa shape index (κ3) is 6.36. The highest BCUT2D eigenvalue weighted by molar-refractivity contribution is 5.78. The smallest absolute Gasteiger partial charge is 0.234 e. The van der Waals surface area contributed by atoms with Gasteiger partial charge >= 0.3 is 0 Å². The molecule has 0 spiro atoms. The molecular weight excluding hydrogens is 228 g/mol. The second-order valence-electron chi connectivity index (χ2n) is 6.18. The molecule has 1 heterocycles. The Morgan fingerprint density at radius 2 is 2.11 bits per heavy atom. The van der Waals surface area contributed by atoms with E-state index in [2.05, 4.69) is 17.6 Å². The zero-order chi connectivity index (χ0) is 13.6. The van der Waals surface area contributed by atoms with E-state index in [1.54, 1.807) is 0 Å². The lowest BCUT2D eigenvalue weighted by atomic mass is 10.00. The van der Waals surface area contributed by atoms with Crippen molar-refractivity contribution in [3.05, 3.63) is 0 Å². The molecule has 0 aromatic carbocycles. The highest BCUT2D eigenvalue weighted by Gasteiger charge is 2.22. The van der Waals surface area contributed by atoms with Crippen molar-refractivity contribution < 1.29 is 9.53 Å². The Kier molecular flexibility index (Phi) is 6.09. The minimum absolute atomic E-state index is 0.0704. The van der Waals surface area contributed by atoms with Gasteiger partial charge in [-0.25, -0.2) is 0 Å². The number of amides is 1. The van der Waals surface area contributed by atoms with Crippen LogP contribution in [0.25, 0.3) is 0 Å². The summed E-state index contributed by atoms with van der Waals surface area (Å²) < 4.78 is 5.70. The van der Waals surface area contributed by atoms with E-state index >= 15 is 0 Å². The molecule has 2 atom stereocenters. The van der Waals surface area contributed by atoms with Gasteiger partial charge in [-0.3, -0.25) is 4.79 Å². The van der Waals surface area contributed by atoms with E-state index in [0.29, 0.717) is 18.7 Å². The topological polar surface area (TPSA) is 50.4 Å². The van der Waals surface area contributed by atoms with Crippen molar-refractivity contribution in [3.63, 3.8) is 0 Å². The third-order valence-corrected chi connectivity index (χ3v) is 3.04. The van der Waals surface area contributed by atoms with Crippen LogP contribution in [-0.4, -0.2) is 36.7 Å². The molecule has 1 amide bonds. The molecule has 1 rings (SSSR count). The molecule has 1 saturated heterocycles. The summed E-state index contributed by atoms with van der Waals surface area (Å²) in [5.41, 5.74) is -0.154. The molecule has 0 aromatic heterocycles. The predicted octanol–water partition coefficient (Wildman–Crippen LogP) is 1.84. The SMILES string of the molecule is CCCC1CC(NCC(=O)NC(C)(C)C)CCO1. The molecule has 0 saturated carbocycles. The normalized spacial score (nSPS) is 24.9. The summed E-state index contributed by atoms with van der Waals surface area (Å²) >= 11 is 0. The summed E-state index contributed by atoms with van der Waals surface area (Å²) in [6.07, 6.45) is 4.67. The van der Waals surface area contributed by atoms with Crippen LogP contribution in [-0.2, 0) is 9.53 Å². The predicted molar refractivity (Wildman–Crippen MR) is 73.6 cm³/mol. The summed E-state index contributed by atoms with van der Waals surface area (Å²) in [4.78, 5) is 11.7. The van der Waals surface area contributed by atoms with E-state index in [9.17, 15) is 4.79 Å². The summed E-state index contributed by atoms with van der Waals surface area (Å²) in [7, 11) is 0. The fraction of sp³-hybridized carbons (Fsp3) is 0.929. The van der Waals surface area contributed by atoms with Crippen molar-refractivity contribution in [2.24, 2.45) is 0 Å². The number of ether oxygens (including phenoxy) is 1. The largest absolute Gasteiger partial charge is 0.378 e. The van der Waals surface area contributed by atoms with Gasteiger partial charge in [-0.2, -0.15) is 0 Å². The Labute approximate surface area is 111 Å². The van der Waals surface area contributed by atoms with Gasteiger partial charge in [0.1, 0.15) is 0 Å². The van der Waals surface area contributed by atoms with E-state index in [0.717, 1.165) is 32.3 Å². The maximum atomic E-state index is 11.7. The standard InChI is InChI=1S/C14H28N2O2/c1-5-6-12-9-11(7-8-18-12)15-10-13(17)16-14(2,3)4/h11-12,15H,5-10H2,1-4H3,(H,16,17). The van der Waals surface area contributed by atoms with Gasteiger partial charge < -0.3 is 15.4 Å². The molecule has 0 radical (unpaired) electrons. The molecule has 4 heteroatoms. The molecule has 1 fully saturated rings. The van der Waals surface area contributed by atoms with Crippen LogP contribution in [0.5, 0.6) is 0 Å². The first-order valence-electron chi connectivity index (χ1n) is 7.06. The van der Waals surface area contributed by atoms with Crippen LogP contribution in [0.4, 0.5) is 0 Å². The van der Waals surface area contributed by atoms with E-state index < -0.39 is 0 Å². The monoisotopic (exact) mass is 256 g/mol. The van der Waals surface area contributed by atoms with Crippen molar-refractivity contribution in [1.29, 1.82) is 0 Å². The molecule has 1 aliphatic heterocycles. The van der Waals surface area contributed by atoms with Crippen LogP contribution in [0.3, 0.4) is 0 Å². The van der Waals surface area contributed by atoms with Gasteiger partial charge in [0, 0.05) is 18.2 Å². The van der Waals surface area contributed by atoms with Crippen LogP contribution in [0, 0.1) is 0 Å². The average molecular weight is 256 g/mol. The minimum Gasteiger partial charge on any atom is -0.378 e. The summed E-state index contributed by atoms with van der Waals surface area (Å²) in [5, 5.41) is 6.30. The van der Waals surface area contributed by atoms with Gasteiger partial charge in [-0.1, -0.05) is 13.3 Å². The number of hydrogen-bond acceptors (Lipinski definition) is 3. The summed E-state index contributed by atoms with van der Waals surface area (Å²) in [5.74, 6) is 0.0704. The average Bonchev–Trinajstić information content (AvgIpc) is 2.25. The molecule has 18 heavy (non-hydrogen) atoms. The van der Waals surface area contributed by atoms with Crippen LogP contribution >= 0.6 is 0 Å². The van der Waals surface area contributed by atoms with Crippen molar-refractivity contribution in [2.75, 3.05) is 13.2 Å². The fourth-order valence-corrected chi connectivity index (χ4v) is 2.29. The maximum Gasteiger partial charge on any atom is 0.234 e. The Morgan fingerprint density at radius 1 is 1.39 bits per heavy atom. The first-order chi connectivity index (χ1) is 8.40. The van der Waals surface area contributed by atoms with Crippen molar-refractivity contribution in [3.8, 4) is 0 Å². The van der Waals surface area contributed by atoms with Crippen molar-refractivity contribution in [1.82, 2.24) is 10.6 Å². The highest BCUT2D eigenvalue weighted by atomic mass is 16.5. The van der Waals surface area contributed by atoms with E-state index in [4.69, 9.17) is 4.74 Å². The van der Waals surface area contributed by atoms with Gasteiger partial charge in [0.15, 0.2) is 0 Å². The van der Waals surface area contributed by atoms with Gasteiger partial charge in [0.25, 0.3) is 0 Å². The highest BCUT2D eigenvalue weighted by Crippen LogP contribution is 2.17. The fourth-order valence-electron chi connectivity index (χ4n) is 2.29. The molecule has 2 N–H and O–H groups in total. The van der Waals surface area contributed by atoms with Crippen molar-refractivity contribution >= 4 is 5.91 Å². The first kappa shape index (κ1) is 15.4. The third-order valence-electron chi connectivity index (χ3n) is 3.04. The van der Waals surface area contributed by atoms with Crippen molar-refractivity contribution in [2.45, 2.75) is 71.1 Å². The molecule has 4 nitrogen and oxygen atoms in total. The van der Waals surface area contributed by atoms with Crippen LogP contribution in [0.2, 0.25) is 0 Å². The molecule has 1 aliphatic rings. The summed E-state index contributed by atoms with van der Waals surface area (Å²) in [6.45, 7) is 9.38. The number of hydrogen-bond donors (Lipinski definition) is 2. The molecular formula is C14H28N2O2. The lowest BCUT2D eigenvalue weighted by molar-refractivity contribution is -0.122. The Bertz CT molecular complexity index is 259. The molecule has 0 bridgehead atoms. The second-order valence-corrected chi connectivity index (χ2v) is 6.18. The number of carbonyl (C=O) groups excluding carboxylic acids is 1. The van der Waals surface area contributed by atoms with Gasteiger partial charge in [-0.05, 0) is 40.0 Å². The van der Waals surface area contributed by atoms with Crippen LogP contribution in [0.15, 0.2) is 0 Å². The molecule has 0 aromatic rings. The zero-order valence-electron chi connectivity index (χ0n) is 12.2. The number of carbonyl (C=O) groups is 1. The van der Waals surface area contributed by atoms with E-state index in [1.165, 1.54) is 0 Å². The zero-order valence-corrected chi connectivity index (χ0v) is 12.2. The lowest BCUT2D eigenvalue weighted by Gasteiger charge is -2.30. The van der Waals surface area contributed by atoms with Gasteiger partial charge in [-0.15, -0.1) is 0 Å². The van der Waals surface area contributed by atoms with E-state index in [1.807, 2.05) is 20.8 Å². The lowest BCUT2D eigenvalue weighted by Crippen LogP contribution is -2.48. The first-order valence-corrected chi connectivity index (χ1v) is 7.06. The Balaban J connectivity index is 2.24. The van der Waals surface area contributed by atoms with E-state index in [-0.39, 0.29) is 11.4 Å². The summed E-state index contributed by atoms with van der Waals surface area (Å²) in [6, 6.07) is 0.418. The Morgan fingerprint density at radius 3 is 2.72 bits per heavy atom. The van der Waals surface area contributed by atoms with Crippen LogP contribution < -0.4 is 10.6 Å². The quantitative estimate of drug-likeness (QED) is 0.789. The van der Waals surface area contributed by atoms with Crippen LogP contribution in [0.1, 0.15) is 53.4 Å².